The fourth-order valence-electron chi connectivity index (χ4n) is 3.81. The first-order valence-corrected chi connectivity index (χ1v) is 9.09. The zero-order valence-corrected chi connectivity index (χ0v) is 14.7. The Balaban J connectivity index is 1.36. The Morgan fingerprint density at radius 2 is 2.27 bits per heavy atom. The largest absolute Gasteiger partial charge is 0.371 e. The van der Waals surface area contributed by atoms with Crippen LogP contribution in [0.3, 0.4) is 0 Å². The summed E-state index contributed by atoms with van der Waals surface area (Å²) in [5.74, 6) is -0.0204. The number of hydrogen-bond donors (Lipinski definition) is 0. The van der Waals surface area contributed by atoms with Crippen molar-refractivity contribution in [3.05, 3.63) is 60.2 Å². The van der Waals surface area contributed by atoms with E-state index in [0.29, 0.717) is 25.5 Å². The predicted molar refractivity (Wildman–Crippen MR) is 95.5 cm³/mol. The first-order valence-electron chi connectivity index (χ1n) is 9.09. The predicted octanol–water partition coefficient (Wildman–Crippen LogP) is 2.46. The number of piperidine rings is 1. The highest BCUT2D eigenvalue weighted by Gasteiger charge is 2.45. The van der Waals surface area contributed by atoms with Crippen molar-refractivity contribution < 1.29 is 14.3 Å². The van der Waals surface area contributed by atoms with Crippen LogP contribution < -0.4 is 0 Å². The lowest BCUT2D eigenvalue weighted by molar-refractivity contribution is -0.0467. The summed E-state index contributed by atoms with van der Waals surface area (Å²) in [6, 6.07) is 9.34. The second kappa shape index (κ2) is 7.51. The van der Waals surface area contributed by atoms with Gasteiger partial charge in [-0.15, -0.1) is 0 Å². The van der Waals surface area contributed by atoms with Gasteiger partial charge in [-0.3, -0.25) is 14.8 Å². The highest BCUT2D eigenvalue weighted by molar-refractivity contribution is 5.92. The smallest absolute Gasteiger partial charge is 0.272 e. The molecule has 0 aromatic carbocycles. The summed E-state index contributed by atoms with van der Waals surface area (Å²) in [6.45, 7) is 2.47. The molecule has 2 aliphatic rings. The Morgan fingerprint density at radius 1 is 1.31 bits per heavy atom. The van der Waals surface area contributed by atoms with Gasteiger partial charge in [0.2, 0.25) is 0 Å². The highest BCUT2D eigenvalue weighted by Crippen LogP contribution is 2.36. The Hall–Kier alpha value is -2.31. The summed E-state index contributed by atoms with van der Waals surface area (Å²) in [5.41, 5.74) is 1.26. The number of pyridine rings is 2. The lowest BCUT2D eigenvalue weighted by Gasteiger charge is -2.39. The molecule has 2 atom stereocenters. The molecule has 0 aliphatic carbocycles. The number of carbonyl (C=O) groups excluding carboxylic acids is 1. The van der Waals surface area contributed by atoms with E-state index < -0.39 is 0 Å². The van der Waals surface area contributed by atoms with Crippen molar-refractivity contribution in [2.45, 2.75) is 37.6 Å². The SMILES string of the molecule is O=C(c1ccccn1)N1CCC[C@]2(C[C@@H](OCc3cccnc3)CO2)C1. The first-order chi connectivity index (χ1) is 12.7. The molecule has 6 nitrogen and oxygen atoms in total. The first kappa shape index (κ1) is 17.1. The van der Waals surface area contributed by atoms with Gasteiger partial charge in [-0.1, -0.05) is 12.1 Å². The van der Waals surface area contributed by atoms with Crippen LogP contribution in [-0.2, 0) is 16.1 Å². The number of hydrogen-bond acceptors (Lipinski definition) is 5. The minimum atomic E-state index is -0.289. The summed E-state index contributed by atoms with van der Waals surface area (Å²) in [7, 11) is 0. The quantitative estimate of drug-likeness (QED) is 0.845. The maximum atomic E-state index is 12.7. The maximum Gasteiger partial charge on any atom is 0.272 e. The fourth-order valence-corrected chi connectivity index (χ4v) is 3.81. The Bertz CT molecular complexity index is 740. The van der Waals surface area contributed by atoms with E-state index in [2.05, 4.69) is 9.97 Å². The molecule has 2 aromatic rings. The summed E-state index contributed by atoms with van der Waals surface area (Å²) in [4.78, 5) is 22.9. The van der Waals surface area contributed by atoms with Crippen LogP contribution in [0.15, 0.2) is 48.9 Å². The van der Waals surface area contributed by atoms with Gasteiger partial charge in [-0.2, -0.15) is 0 Å². The lowest BCUT2D eigenvalue weighted by atomic mass is 9.89. The average Bonchev–Trinajstić information content (AvgIpc) is 3.09. The number of carbonyl (C=O) groups is 1. The van der Waals surface area contributed by atoms with Crippen molar-refractivity contribution in [3.63, 3.8) is 0 Å². The van der Waals surface area contributed by atoms with Gasteiger partial charge in [-0.25, -0.2) is 0 Å². The second-order valence-electron chi connectivity index (χ2n) is 7.04. The Morgan fingerprint density at radius 3 is 3.08 bits per heavy atom. The zero-order valence-electron chi connectivity index (χ0n) is 14.7. The van der Waals surface area contributed by atoms with Crippen LogP contribution in [0.5, 0.6) is 0 Å². The molecule has 4 heterocycles. The van der Waals surface area contributed by atoms with E-state index in [1.165, 1.54) is 0 Å². The molecule has 0 N–H and O–H groups in total. The molecule has 2 saturated heterocycles. The van der Waals surface area contributed by atoms with Crippen LogP contribution in [-0.4, -0.2) is 52.2 Å². The van der Waals surface area contributed by atoms with Gasteiger partial charge in [0.15, 0.2) is 0 Å². The monoisotopic (exact) mass is 353 g/mol. The van der Waals surface area contributed by atoms with E-state index in [-0.39, 0.29) is 17.6 Å². The number of rotatable bonds is 4. The van der Waals surface area contributed by atoms with Crippen LogP contribution in [0.1, 0.15) is 35.3 Å². The third-order valence-electron chi connectivity index (χ3n) is 5.09. The van der Waals surface area contributed by atoms with Crippen molar-refractivity contribution in [2.24, 2.45) is 0 Å². The van der Waals surface area contributed by atoms with Crippen LogP contribution in [0.4, 0.5) is 0 Å². The molecule has 1 spiro atoms. The van der Waals surface area contributed by atoms with Crippen molar-refractivity contribution in [1.82, 2.24) is 14.9 Å². The molecule has 2 fully saturated rings. The summed E-state index contributed by atoms with van der Waals surface area (Å²) < 4.78 is 12.2. The van der Waals surface area contributed by atoms with E-state index in [1.54, 1.807) is 18.5 Å². The third-order valence-corrected chi connectivity index (χ3v) is 5.09. The van der Waals surface area contributed by atoms with Gasteiger partial charge in [0.25, 0.3) is 5.91 Å². The summed E-state index contributed by atoms with van der Waals surface area (Å²) in [5, 5.41) is 0. The summed E-state index contributed by atoms with van der Waals surface area (Å²) >= 11 is 0. The number of aromatic nitrogens is 2. The molecule has 136 valence electrons. The van der Waals surface area contributed by atoms with Gasteiger partial charge < -0.3 is 14.4 Å². The molecule has 2 aromatic heterocycles. The molecule has 26 heavy (non-hydrogen) atoms. The second-order valence-corrected chi connectivity index (χ2v) is 7.04. The zero-order chi connectivity index (χ0) is 17.8. The number of ether oxygens (including phenoxy) is 2. The topological polar surface area (TPSA) is 64.6 Å². The van der Waals surface area contributed by atoms with Crippen molar-refractivity contribution in [3.8, 4) is 0 Å². The number of likely N-dealkylation sites (tertiary alicyclic amines) is 1. The molecular formula is C20H23N3O3. The maximum absolute atomic E-state index is 12.7. The normalized spacial score (nSPS) is 25.5. The third kappa shape index (κ3) is 3.76. The Labute approximate surface area is 153 Å². The van der Waals surface area contributed by atoms with Gasteiger partial charge in [-0.05, 0) is 36.6 Å². The van der Waals surface area contributed by atoms with E-state index in [0.717, 1.165) is 31.4 Å². The van der Waals surface area contributed by atoms with Gasteiger partial charge in [0, 0.05) is 31.6 Å². The lowest BCUT2D eigenvalue weighted by Crippen LogP contribution is -2.50. The number of nitrogens with zero attached hydrogens (tertiary/aromatic N) is 3. The molecular weight excluding hydrogens is 330 g/mol. The number of amides is 1. The molecule has 0 radical (unpaired) electrons. The van der Waals surface area contributed by atoms with Crippen molar-refractivity contribution >= 4 is 5.91 Å². The highest BCUT2D eigenvalue weighted by atomic mass is 16.6. The molecule has 0 saturated carbocycles. The average molecular weight is 353 g/mol. The van der Waals surface area contributed by atoms with Crippen LogP contribution >= 0.6 is 0 Å². The Kier molecular flexibility index (Phi) is 4.95. The minimum Gasteiger partial charge on any atom is -0.371 e. The molecule has 0 unspecified atom stereocenters. The standard InChI is InChI=1S/C20H23N3O3/c24-19(18-6-1-2-9-22-18)23-10-4-7-20(15-23)11-17(14-26-20)25-13-16-5-3-8-21-12-16/h1-3,5-6,8-9,12,17H,4,7,10-11,13-15H2/t17-,20+/m1/s1. The molecule has 2 aliphatic heterocycles. The molecule has 0 bridgehead atoms. The van der Waals surface area contributed by atoms with Gasteiger partial charge in [0.05, 0.1) is 31.5 Å². The van der Waals surface area contributed by atoms with Gasteiger partial charge in [0.1, 0.15) is 5.69 Å². The van der Waals surface area contributed by atoms with Crippen molar-refractivity contribution in [1.29, 1.82) is 0 Å². The van der Waals surface area contributed by atoms with E-state index in [1.807, 2.05) is 35.4 Å². The molecule has 6 heteroatoms. The van der Waals surface area contributed by atoms with Crippen LogP contribution in [0.25, 0.3) is 0 Å². The van der Waals surface area contributed by atoms with Gasteiger partial charge >= 0.3 is 0 Å². The van der Waals surface area contributed by atoms with Crippen molar-refractivity contribution in [2.75, 3.05) is 19.7 Å². The minimum absolute atomic E-state index is 0.0204. The summed E-state index contributed by atoms with van der Waals surface area (Å²) in [6.07, 6.45) is 8.01. The van der Waals surface area contributed by atoms with E-state index in [4.69, 9.17) is 9.47 Å². The molecule has 4 rings (SSSR count). The van der Waals surface area contributed by atoms with Crippen LogP contribution in [0, 0.1) is 0 Å². The van der Waals surface area contributed by atoms with Crippen LogP contribution in [0.2, 0.25) is 0 Å². The fraction of sp³-hybridized carbons (Fsp3) is 0.450. The molecule has 1 amide bonds. The van der Waals surface area contributed by atoms with E-state index >= 15 is 0 Å². The van der Waals surface area contributed by atoms with E-state index in [9.17, 15) is 4.79 Å².